The van der Waals surface area contributed by atoms with E-state index in [2.05, 4.69) is 4.74 Å². The minimum atomic E-state index is -1.37. The van der Waals surface area contributed by atoms with Crippen LogP contribution in [0.15, 0.2) is 0 Å². The molecule has 76 valence electrons. The molecule has 13 heavy (non-hydrogen) atoms. The summed E-state index contributed by atoms with van der Waals surface area (Å²) >= 11 is 0. The second-order valence-corrected chi connectivity index (χ2v) is 2.97. The van der Waals surface area contributed by atoms with Gasteiger partial charge in [0, 0.05) is 0 Å². The normalized spacial score (nSPS) is 36.9. The Hall–Kier alpha value is -0.690. The van der Waals surface area contributed by atoms with Gasteiger partial charge in [-0.1, -0.05) is 0 Å². The summed E-state index contributed by atoms with van der Waals surface area (Å²) in [7, 11) is 0. The number of carbonyl (C=O) groups is 1. The van der Waals surface area contributed by atoms with Gasteiger partial charge in [0.1, 0.15) is 12.2 Å². The van der Waals surface area contributed by atoms with E-state index in [0.717, 1.165) is 0 Å². The summed E-state index contributed by atoms with van der Waals surface area (Å²) in [5.74, 6) is -0.699. The van der Waals surface area contributed by atoms with Crippen LogP contribution >= 0.6 is 0 Å². The SMILES string of the molecule is O=C1CC(O)C(O)[C@@H](C(O)CO)O1. The quantitative estimate of drug-likeness (QED) is 0.357. The van der Waals surface area contributed by atoms with E-state index < -0.39 is 37.0 Å². The van der Waals surface area contributed by atoms with Crippen molar-refractivity contribution in [3.8, 4) is 0 Å². The molecule has 0 aromatic carbocycles. The fraction of sp³-hybridized carbons (Fsp3) is 0.857. The van der Waals surface area contributed by atoms with Gasteiger partial charge in [-0.2, -0.15) is 0 Å². The van der Waals surface area contributed by atoms with Crippen LogP contribution in [0.3, 0.4) is 0 Å². The largest absolute Gasteiger partial charge is 0.457 e. The van der Waals surface area contributed by atoms with Gasteiger partial charge in [-0.15, -0.1) is 0 Å². The van der Waals surface area contributed by atoms with Crippen LogP contribution in [0.5, 0.6) is 0 Å². The van der Waals surface area contributed by atoms with Gasteiger partial charge >= 0.3 is 5.97 Å². The summed E-state index contributed by atoms with van der Waals surface area (Å²) in [6.07, 6.45) is -5.50. The number of aliphatic hydroxyl groups is 4. The average molecular weight is 192 g/mol. The molecule has 0 saturated carbocycles. The molecule has 1 fully saturated rings. The van der Waals surface area contributed by atoms with Gasteiger partial charge in [0.2, 0.25) is 0 Å². The zero-order valence-electron chi connectivity index (χ0n) is 6.83. The van der Waals surface area contributed by atoms with E-state index in [-0.39, 0.29) is 6.42 Å². The van der Waals surface area contributed by atoms with Crippen LogP contribution in [0.1, 0.15) is 6.42 Å². The smallest absolute Gasteiger partial charge is 0.308 e. The third kappa shape index (κ3) is 2.16. The van der Waals surface area contributed by atoms with E-state index in [0.29, 0.717) is 0 Å². The topological polar surface area (TPSA) is 107 Å². The second kappa shape index (κ2) is 4.01. The highest BCUT2D eigenvalue weighted by Gasteiger charge is 2.40. The van der Waals surface area contributed by atoms with Crippen LogP contribution in [0.2, 0.25) is 0 Å². The van der Waals surface area contributed by atoms with Crippen molar-refractivity contribution in [1.82, 2.24) is 0 Å². The standard InChI is InChI=1S/C7H12O6/c8-2-4(10)7-6(12)3(9)1-5(11)13-7/h3-4,6-10,12H,1-2H2/t3?,4?,6?,7-/m1/s1. The Morgan fingerprint density at radius 1 is 1.54 bits per heavy atom. The molecular weight excluding hydrogens is 180 g/mol. The first-order chi connectivity index (χ1) is 6.06. The lowest BCUT2D eigenvalue weighted by atomic mass is 9.98. The van der Waals surface area contributed by atoms with E-state index >= 15 is 0 Å². The molecule has 0 spiro atoms. The first-order valence-electron chi connectivity index (χ1n) is 3.90. The fourth-order valence-corrected chi connectivity index (χ4v) is 1.19. The highest BCUT2D eigenvalue weighted by molar-refractivity contribution is 5.71. The molecule has 4 atom stereocenters. The van der Waals surface area contributed by atoms with Gasteiger partial charge in [-0.25, -0.2) is 0 Å². The third-order valence-corrected chi connectivity index (χ3v) is 1.94. The lowest BCUT2D eigenvalue weighted by Gasteiger charge is -2.33. The predicted molar refractivity (Wildman–Crippen MR) is 39.6 cm³/mol. The van der Waals surface area contributed by atoms with Gasteiger partial charge in [-0.3, -0.25) is 4.79 Å². The number of rotatable bonds is 2. The number of cyclic esters (lactones) is 1. The lowest BCUT2D eigenvalue weighted by molar-refractivity contribution is -0.194. The highest BCUT2D eigenvalue weighted by Crippen LogP contribution is 2.18. The number of hydrogen-bond donors (Lipinski definition) is 4. The van der Waals surface area contributed by atoms with Crippen LogP contribution < -0.4 is 0 Å². The van der Waals surface area contributed by atoms with Crippen molar-refractivity contribution in [3.63, 3.8) is 0 Å². The number of esters is 1. The van der Waals surface area contributed by atoms with Crippen molar-refractivity contribution < 1.29 is 30.0 Å². The van der Waals surface area contributed by atoms with E-state index in [4.69, 9.17) is 15.3 Å². The third-order valence-electron chi connectivity index (χ3n) is 1.94. The summed E-state index contributed by atoms with van der Waals surface area (Å²) in [6, 6.07) is 0. The second-order valence-electron chi connectivity index (χ2n) is 2.97. The van der Waals surface area contributed by atoms with Crippen LogP contribution in [-0.2, 0) is 9.53 Å². The molecule has 0 aromatic heterocycles. The highest BCUT2D eigenvalue weighted by atomic mass is 16.6. The van der Waals surface area contributed by atoms with Gasteiger partial charge in [0.15, 0.2) is 6.10 Å². The average Bonchev–Trinajstić information content (AvgIpc) is 2.10. The van der Waals surface area contributed by atoms with E-state index in [1.165, 1.54) is 0 Å². The molecule has 1 rings (SSSR count). The van der Waals surface area contributed by atoms with Crippen LogP contribution in [-0.4, -0.2) is 57.4 Å². The molecule has 1 saturated heterocycles. The van der Waals surface area contributed by atoms with Crippen molar-refractivity contribution in [2.75, 3.05) is 6.61 Å². The maximum Gasteiger partial charge on any atom is 0.308 e. The first kappa shape index (κ1) is 10.4. The van der Waals surface area contributed by atoms with Crippen LogP contribution in [0.25, 0.3) is 0 Å². The van der Waals surface area contributed by atoms with Crippen molar-refractivity contribution in [1.29, 1.82) is 0 Å². The molecule has 1 heterocycles. The monoisotopic (exact) mass is 192 g/mol. The maximum absolute atomic E-state index is 10.8. The molecule has 4 N–H and O–H groups in total. The predicted octanol–water partition coefficient (Wildman–Crippen LogP) is -2.62. The zero-order valence-corrected chi connectivity index (χ0v) is 6.83. The van der Waals surface area contributed by atoms with Gasteiger partial charge in [0.25, 0.3) is 0 Å². The minimum Gasteiger partial charge on any atom is -0.457 e. The molecule has 6 nitrogen and oxygen atoms in total. The van der Waals surface area contributed by atoms with Crippen LogP contribution in [0, 0.1) is 0 Å². The molecule has 0 aliphatic carbocycles. The Morgan fingerprint density at radius 2 is 2.15 bits per heavy atom. The van der Waals surface area contributed by atoms with E-state index in [1.54, 1.807) is 0 Å². The minimum absolute atomic E-state index is 0.296. The molecule has 1 aliphatic heterocycles. The molecule has 0 amide bonds. The molecule has 3 unspecified atom stereocenters. The summed E-state index contributed by atoms with van der Waals surface area (Å²) in [5, 5.41) is 36.0. The fourth-order valence-electron chi connectivity index (χ4n) is 1.19. The number of carbonyl (C=O) groups excluding carboxylic acids is 1. The summed E-state index contributed by atoms with van der Waals surface area (Å²) in [6.45, 7) is -0.637. The Labute approximate surface area is 74.4 Å². The van der Waals surface area contributed by atoms with Gasteiger partial charge < -0.3 is 25.2 Å². The Morgan fingerprint density at radius 3 is 2.69 bits per heavy atom. The summed E-state index contributed by atoms with van der Waals surface area (Å²) < 4.78 is 4.56. The maximum atomic E-state index is 10.8. The number of aliphatic hydroxyl groups excluding tert-OH is 4. The van der Waals surface area contributed by atoms with Crippen molar-refractivity contribution in [2.45, 2.75) is 30.8 Å². The van der Waals surface area contributed by atoms with Crippen molar-refractivity contribution in [2.24, 2.45) is 0 Å². The van der Waals surface area contributed by atoms with Gasteiger partial charge in [-0.05, 0) is 0 Å². The molecule has 0 bridgehead atoms. The first-order valence-corrected chi connectivity index (χ1v) is 3.90. The molecule has 0 radical (unpaired) electrons. The van der Waals surface area contributed by atoms with E-state index in [9.17, 15) is 9.90 Å². The molecule has 6 heteroatoms. The number of hydrogen-bond acceptors (Lipinski definition) is 6. The Bertz CT molecular complexity index is 193. The Balaban J connectivity index is 2.65. The number of ether oxygens (including phenoxy) is 1. The van der Waals surface area contributed by atoms with Crippen LogP contribution in [0.4, 0.5) is 0 Å². The molecular formula is C7H12O6. The lowest BCUT2D eigenvalue weighted by Crippen LogP contribution is -2.52. The zero-order chi connectivity index (χ0) is 10.0. The summed E-state index contributed by atoms with van der Waals surface area (Å²) in [5.41, 5.74) is 0. The van der Waals surface area contributed by atoms with Crippen molar-refractivity contribution in [3.05, 3.63) is 0 Å². The van der Waals surface area contributed by atoms with Crippen molar-refractivity contribution >= 4 is 5.97 Å². The molecule has 1 aliphatic rings. The van der Waals surface area contributed by atoms with Gasteiger partial charge in [0.05, 0.1) is 19.1 Å². The summed E-state index contributed by atoms with van der Waals surface area (Å²) in [4.78, 5) is 10.8. The Kier molecular flexibility index (Phi) is 3.21. The van der Waals surface area contributed by atoms with E-state index in [1.807, 2.05) is 0 Å². The molecule has 0 aromatic rings.